The van der Waals surface area contributed by atoms with Gasteiger partial charge in [0.2, 0.25) is 0 Å². The van der Waals surface area contributed by atoms with E-state index in [1.807, 2.05) is 0 Å². The van der Waals surface area contributed by atoms with E-state index in [4.69, 9.17) is 10.5 Å². The van der Waals surface area contributed by atoms with Crippen molar-refractivity contribution in [2.24, 2.45) is 22.1 Å². The van der Waals surface area contributed by atoms with E-state index >= 15 is 0 Å². The van der Waals surface area contributed by atoms with E-state index in [0.29, 0.717) is 19.0 Å². The molecule has 0 bridgehead atoms. The molecule has 1 rings (SSSR count). The van der Waals surface area contributed by atoms with Crippen LogP contribution in [0.3, 0.4) is 0 Å². The Kier molecular flexibility index (Phi) is 3.93. The lowest BCUT2D eigenvalue weighted by atomic mass is 9.95. The van der Waals surface area contributed by atoms with Crippen molar-refractivity contribution in [2.75, 3.05) is 19.8 Å². The molecular weight excluding hydrogens is 176 g/mol. The highest BCUT2D eigenvalue weighted by molar-refractivity contribution is 5.85. The predicted molar refractivity (Wildman–Crippen MR) is 59.5 cm³/mol. The topological polar surface area (TPSA) is 47.6 Å². The number of hydrogen-bond acceptors (Lipinski definition) is 2. The summed E-state index contributed by atoms with van der Waals surface area (Å²) in [5.41, 5.74) is 5.78. The minimum Gasteiger partial charge on any atom is -0.387 e. The number of aliphatic imine (C=N–C) groups is 1. The molecule has 3 nitrogen and oxygen atoms in total. The molecule has 0 atom stereocenters. The number of nitrogens with zero attached hydrogens (tertiary/aromatic N) is 1. The zero-order valence-corrected chi connectivity index (χ0v) is 9.55. The third-order valence-corrected chi connectivity index (χ3v) is 2.34. The molecule has 0 heterocycles. The molecule has 1 fully saturated rings. The Hall–Kier alpha value is -0.570. The van der Waals surface area contributed by atoms with Crippen LogP contribution in [0.4, 0.5) is 0 Å². The van der Waals surface area contributed by atoms with E-state index in [1.54, 1.807) is 0 Å². The molecule has 0 aliphatic heterocycles. The second-order valence-corrected chi connectivity index (χ2v) is 5.04. The van der Waals surface area contributed by atoms with Gasteiger partial charge in [-0.25, -0.2) is 0 Å². The van der Waals surface area contributed by atoms with Crippen molar-refractivity contribution >= 4 is 5.84 Å². The number of hydrogen-bond donors (Lipinski definition) is 1. The number of rotatable bonds is 5. The van der Waals surface area contributed by atoms with Crippen LogP contribution < -0.4 is 5.73 Å². The molecule has 0 radical (unpaired) electrons. The van der Waals surface area contributed by atoms with E-state index in [2.05, 4.69) is 25.8 Å². The van der Waals surface area contributed by atoms with Gasteiger partial charge in [0.25, 0.3) is 0 Å². The van der Waals surface area contributed by atoms with E-state index in [9.17, 15) is 0 Å². The zero-order chi connectivity index (χ0) is 10.6. The van der Waals surface area contributed by atoms with Crippen molar-refractivity contribution < 1.29 is 4.74 Å². The summed E-state index contributed by atoms with van der Waals surface area (Å²) < 4.78 is 5.46. The number of ether oxygens (including phenoxy) is 1. The highest BCUT2D eigenvalue weighted by Gasteiger charge is 2.20. The summed E-state index contributed by atoms with van der Waals surface area (Å²) in [5, 5.41) is 0. The fraction of sp³-hybridized carbons (Fsp3) is 0.909. The molecule has 0 saturated heterocycles. The summed E-state index contributed by atoms with van der Waals surface area (Å²) in [4.78, 5) is 4.28. The molecule has 0 unspecified atom stereocenters. The van der Waals surface area contributed by atoms with Crippen molar-refractivity contribution in [3.05, 3.63) is 0 Å². The van der Waals surface area contributed by atoms with Crippen LogP contribution in [0.15, 0.2) is 4.99 Å². The Morgan fingerprint density at radius 1 is 1.43 bits per heavy atom. The standard InChI is InChI=1S/C11H22N2O/c1-11(2,3)10(12)13-6-7-14-8-9-4-5-9/h9H,4-8H2,1-3H3,(H2,12,13). The van der Waals surface area contributed by atoms with Crippen LogP contribution in [-0.4, -0.2) is 25.6 Å². The lowest BCUT2D eigenvalue weighted by molar-refractivity contribution is 0.131. The first-order valence-electron chi connectivity index (χ1n) is 5.38. The van der Waals surface area contributed by atoms with Crippen LogP contribution in [0.1, 0.15) is 33.6 Å². The highest BCUT2D eigenvalue weighted by atomic mass is 16.5. The van der Waals surface area contributed by atoms with Crippen molar-refractivity contribution in [1.82, 2.24) is 0 Å². The molecule has 0 amide bonds. The zero-order valence-electron chi connectivity index (χ0n) is 9.55. The Bertz CT molecular complexity index is 202. The summed E-state index contributed by atoms with van der Waals surface area (Å²) in [6, 6.07) is 0. The molecular formula is C11H22N2O. The average Bonchev–Trinajstić information content (AvgIpc) is 2.85. The minimum atomic E-state index is -0.0174. The van der Waals surface area contributed by atoms with Crippen LogP contribution in [0.25, 0.3) is 0 Å². The van der Waals surface area contributed by atoms with Gasteiger partial charge in [0.05, 0.1) is 19.0 Å². The van der Waals surface area contributed by atoms with Crippen LogP contribution in [0.5, 0.6) is 0 Å². The van der Waals surface area contributed by atoms with E-state index < -0.39 is 0 Å². The van der Waals surface area contributed by atoms with E-state index in [-0.39, 0.29) is 5.41 Å². The quantitative estimate of drug-likeness (QED) is 0.416. The highest BCUT2D eigenvalue weighted by Crippen LogP contribution is 2.28. The number of amidine groups is 1. The maximum Gasteiger partial charge on any atom is 0.0992 e. The molecule has 1 saturated carbocycles. The van der Waals surface area contributed by atoms with Gasteiger partial charge in [-0.3, -0.25) is 4.99 Å². The van der Waals surface area contributed by atoms with Crippen molar-refractivity contribution in [3.63, 3.8) is 0 Å². The van der Waals surface area contributed by atoms with Gasteiger partial charge in [-0.2, -0.15) is 0 Å². The maximum atomic E-state index is 5.80. The molecule has 0 aromatic heterocycles. The smallest absolute Gasteiger partial charge is 0.0992 e. The summed E-state index contributed by atoms with van der Waals surface area (Å²) in [7, 11) is 0. The minimum absolute atomic E-state index is 0.0174. The molecule has 0 aromatic rings. The van der Waals surface area contributed by atoms with Gasteiger partial charge in [0.1, 0.15) is 0 Å². The van der Waals surface area contributed by atoms with Crippen LogP contribution in [0.2, 0.25) is 0 Å². The molecule has 3 heteroatoms. The Morgan fingerprint density at radius 3 is 2.57 bits per heavy atom. The fourth-order valence-electron chi connectivity index (χ4n) is 1.00. The molecule has 1 aliphatic rings. The summed E-state index contributed by atoms with van der Waals surface area (Å²) in [6.07, 6.45) is 2.68. The molecule has 0 spiro atoms. The SMILES string of the molecule is CC(C)(C)C(N)=NCCOCC1CC1. The van der Waals surface area contributed by atoms with Crippen LogP contribution in [0, 0.1) is 11.3 Å². The van der Waals surface area contributed by atoms with Gasteiger partial charge >= 0.3 is 0 Å². The van der Waals surface area contributed by atoms with Gasteiger partial charge in [-0.15, -0.1) is 0 Å². The normalized spacial score (nSPS) is 18.6. The predicted octanol–water partition coefficient (Wildman–Crippen LogP) is 1.82. The van der Waals surface area contributed by atoms with Gasteiger partial charge < -0.3 is 10.5 Å². The summed E-state index contributed by atoms with van der Waals surface area (Å²) in [6.45, 7) is 8.50. The average molecular weight is 198 g/mol. The van der Waals surface area contributed by atoms with E-state index in [0.717, 1.165) is 12.5 Å². The third-order valence-electron chi connectivity index (χ3n) is 2.34. The summed E-state index contributed by atoms with van der Waals surface area (Å²) >= 11 is 0. The lowest BCUT2D eigenvalue weighted by Gasteiger charge is -2.17. The van der Waals surface area contributed by atoms with Crippen molar-refractivity contribution in [2.45, 2.75) is 33.6 Å². The Morgan fingerprint density at radius 2 is 2.07 bits per heavy atom. The van der Waals surface area contributed by atoms with Crippen molar-refractivity contribution in [3.8, 4) is 0 Å². The van der Waals surface area contributed by atoms with E-state index in [1.165, 1.54) is 12.8 Å². The monoisotopic (exact) mass is 198 g/mol. The molecule has 2 N–H and O–H groups in total. The molecule has 0 aromatic carbocycles. The Labute approximate surface area is 86.7 Å². The molecule has 14 heavy (non-hydrogen) atoms. The van der Waals surface area contributed by atoms with Gasteiger partial charge in [0, 0.05) is 12.0 Å². The first kappa shape index (κ1) is 11.5. The molecule has 82 valence electrons. The van der Waals surface area contributed by atoms with Gasteiger partial charge in [-0.1, -0.05) is 20.8 Å². The largest absolute Gasteiger partial charge is 0.387 e. The summed E-state index contributed by atoms with van der Waals surface area (Å²) in [5.74, 6) is 1.55. The molecule has 1 aliphatic carbocycles. The van der Waals surface area contributed by atoms with Gasteiger partial charge in [0.15, 0.2) is 0 Å². The first-order chi connectivity index (χ1) is 6.50. The maximum absolute atomic E-state index is 5.80. The van der Waals surface area contributed by atoms with Crippen LogP contribution in [-0.2, 0) is 4.74 Å². The first-order valence-corrected chi connectivity index (χ1v) is 5.38. The second-order valence-electron chi connectivity index (χ2n) is 5.04. The Balaban J connectivity index is 2.05. The van der Waals surface area contributed by atoms with Crippen molar-refractivity contribution in [1.29, 1.82) is 0 Å². The van der Waals surface area contributed by atoms with Crippen LogP contribution >= 0.6 is 0 Å². The lowest BCUT2D eigenvalue weighted by Crippen LogP contribution is -2.29. The third kappa shape index (κ3) is 4.61. The number of nitrogens with two attached hydrogens (primary N) is 1. The fourth-order valence-corrected chi connectivity index (χ4v) is 1.00. The second kappa shape index (κ2) is 4.78. The van der Waals surface area contributed by atoms with Gasteiger partial charge in [-0.05, 0) is 18.8 Å².